The molecule has 6 heteroatoms. The third-order valence-electron chi connectivity index (χ3n) is 2.32. The fourth-order valence-corrected chi connectivity index (χ4v) is 1.51. The number of halogens is 3. The number of benzene rings is 1. The summed E-state index contributed by atoms with van der Waals surface area (Å²) in [5, 5.41) is 10.8. The molecule has 100 valence electrons. The van der Waals surface area contributed by atoms with Gasteiger partial charge in [-0.05, 0) is 26.0 Å². The molecule has 0 saturated heterocycles. The van der Waals surface area contributed by atoms with E-state index >= 15 is 0 Å². The molecule has 1 unspecified atom stereocenters. The third kappa shape index (κ3) is 4.03. The largest absolute Gasteiger partial charge is 0.416 e. The normalized spacial score (nSPS) is 13.2. The fraction of sp³-hybridized carbons (Fsp3) is 0.417. The van der Waals surface area contributed by atoms with Gasteiger partial charge < -0.3 is 10.4 Å². The highest BCUT2D eigenvalue weighted by atomic mass is 19.4. The summed E-state index contributed by atoms with van der Waals surface area (Å²) in [5.41, 5.74) is 1.97. The number of aliphatic hydroxyl groups excluding tert-OH is 1. The molecular weight excluding hydrogens is 247 g/mol. The highest BCUT2D eigenvalue weighted by molar-refractivity contribution is 5.94. The van der Waals surface area contributed by atoms with Gasteiger partial charge in [0.15, 0.2) is 6.10 Å². The van der Waals surface area contributed by atoms with Crippen molar-refractivity contribution in [2.24, 2.45) is 0 Å². The lowest BCUT2D eigenvalue weighted by molar-refractivity contribution is -0.201. The zero-order valence-corrected chi connectivity index (χ0v) is 10.0. The predicted octanol–water partition coefficient (Wildman–Crippen LogP) is 1.96. The number of amides is 1. The number of aryl methyl sites for hydroxylation is 2. The van der Waals surface area contributed by atoms with E-state index in [1.807, 2.05) is 6.07 Å². The van der Waals surface area contributed by atoms with Gasteiger partial charge in [0.2, 0.25) is 0 Å². The third-order valence-corrected chi connectivity index (χ3v) is 2.32. The molecule has 0 aliphatic carbocycles. The Balaban J connectivity index is 2.66. The van der Waals surface area contributed by atoms with Gasteiger partial charge in [0, 0.05) is 5.56 Å². The number of rotatable bonds is 3. The van der Waals surface area contributed by atoms with Crippen LogP contribution >= 0.6 is 0 Å². The Hall–Kier alpha value is -1.56. The molecule has 0 radical (unpaired) electrons. The van der Waals surface area contributed by atoms with E-state index in [4.69, 9.17) is 5.11 Å². The van der Waals surface area contributed by atoms with Crippen molar-refractivity contribution in [2.45, 2.75) is 26.1 Å². The number of nitrogens with one attached hydrogen (secondary N) is 1. The Labute approximate surface area is 103 Å². The number of hydrogen-bond donors (Lipinski definition) is 2. The molecule has 0 aromatic heterocycles. The van der Waals surface area contributed by atoms with Crippen molar-refractivity contribution in [3.05, 3.63) is 34.9 Å². The Morgan fingerprint density at radius 3 is 2.22 bits per heavy atom. The van der Waals surface area contributed by atoms with Crippen molar-refractivity contribution < 1.29 is 23.1 Å². The minimum absolute atomic E-state index is 0.280. The van der Waals surface area contributed by atoms with Crippen LogP contribution in [0.1, 0.15) is 21.5 Å². The highest BCUT2D eigenvalue weighted by Gasteiger charge is 2.38. The average molecular weight is 261 g/mol. The first-order chi connectivity index (χ1) is 8.20. The SMILES string of the molecule is Cc1cc(C)cc(C(=O)NCC(O)C(F)(F)F)c1. The van der Waals surface area contributed by atoms with Crippen LogP contribution in [0.2, 0.25) is 0 Å². The van der Waals surface area contributed by atoms with Gasteiger partial charge in [-0.2, -0.15) is 13.2 Å². The van der Waals surface area contributed by atoms with E-state index in [0.29, 0.717) is 0 Å². The van der Waals surface area contributed by atoms with E-state index in [-0.39, 0.29) is 5.56 Å². The van der Waals surface area contributed by atoms with Crippen LogP contribution in [0, 0.1) is 13.8 Å². The van der Waals surface area contributed by atoms with Gasteiger partial charge >= 0.3 is 6.18 Å². The van der Waals surface area contributed by atoms with Gasteiger partial charge in [-0.1, -0.05) is 17.2 Å². The molecule has 1 atom stereocenters. The lowest BCUT2D eigenvalue weighted by Gasteiger charge is -2.15. The summed E-state index contributed by atoms with van der Waals surface area (Å²) in [7, 11) is 0. The first-order valence-corrected chi connectivity index (χ1v) is 5.31. The molecule has 3 nitrogen and oxygen atoms in total. The molecule has 0 aliphatic rings. The quantitative estimate of drug-likeness (QED) is 0.873. The van der Waals surface area contributed by atoms with Crippen molar-refractivity contribution in [3.63, 3.8) is 0 Å². The van der Waals surface area contributed by atoms with E-state index < -0.39 is 24.7 Å². The lowest BCUT2D eigenvalue weighted by atomic mass is 10.1. The average Bonchev–Trinajstić information content (AvgIpc) is 2.22. The van der Waals surface area contributed by atoms with Crippen molar-refractivity contribution in [2.75, 3.05) is 6.54 Å². The topological polar surface area (TPSA) is 49.3 Å². The number of hydrogen-bond acceptors (Lipinski definition) is 2. The second kappa shape index (κ2) is 5.39. The van der Waals surface area contributed by atoms with Crippen molar-refractivity contribution in [1.82, 2.24) is 5.32 Å². The van der Waals surface area contributed by atoms with Crippen LogP contribution in [0.4, 0.5) is 13.2 Å². The minimum Gasteiger partial charge on any atom is -0.382 e. The number of alkyl halides is 3. The molecule has 0 saturated carbocycles. The summed E-state index contributed by atoms with van der Waals surface area (Å²) in [6, 6.07) is 4.99. The van der Waals surface area contributed by atoms with Gasteiger partial charge in [0.1, 0.15) is 0 Å². The van der Waals surface area contributed by atoms with Crippen LogP contribution in [0.25, 0.3) is 0 Å². The van der Waals surface area contributed by atoms with E-state index in [2.05, 4.69) is 5.32 Å². The van der Waals surface area contributed by atoms with Gasteiger partial charge in [-0.15, -0.1) is 0 Å². The molecule has 0 spiro atoms. The van der Waals surface area contributed by atoms with Crippen LogP contribution in [-0.4, -0.2) is 29.8 Å². The van der Waals surface area contributed by atoms with Crippen LogP contribution in [0.5, 0.6) is 0 Å². The maximum atomic E-state index is 12.0. The molecule has 0 heterocycles. The molecular formula is C12H14F3NO2. The first kappa shape index (κ1) is 14.5. The number of carbonyl (C=O) groups is 1. The summed E-state index contributed by atoms with van der Waals surface area (Å²) in [4.78, 5) is 11.6. The van der Waals surface area contributed by atoms with Gasteiger partial charge in [0.05, 0.1) is 6.54 Å². The molecule has 1 rings (SSSR count). The smallest absolute Gasteiger partial charge is 0.382 e. The number of aliphatic hydroxyl groups is 1. The van der Waals surface area contributed by atoms with Crippen molar-refractivity contribution in [3.8, 4) is 0 Å². The molecule has 18 heavy (non-hydrogen) atoms. The second-order valence-corrected chi connectivity index (χ2v) is 4.14. The molecule has 1 amide bonds. The van der Waals surface area contributed by atoms with Gasteiger partial charge in [-0.25, -0.2) is 0 Å². The molecule has 1 aromatic rings. The van der Waals surface area contributed by atoms with E-state index in [9.17, 15) is 18.0 Å². The van der Waals surface area contributed by atoms with Gasteiger partial charge in [-0.3, -0.25) is 4.79 Å². The van der Waals surface area contributed by atoms with Crippen LogP contribution < -0.4 is 5.32 Å². The molecule has 0 aliphatic heterocycles. The lowest BCUT2D eigenvalue weighted by Crippen LogP contribution is -2.40. The summed E-state index contributed by atoms with van der Waals surface area (Å²) in [6.07, 6.45) is -7.28. The summed E-state index contributed by atoms with van der Waals surface area (Å²) >= 11 is 0. The maximum absolute atomic E-state index is 12.0. The van der Waals surface area contributed by atoms with Crippen molar-refractivity contribution >= 4 is 5.91 Å². The second-order valence-electron chi connectivity index (χ2n) is 4.14. The monoisotopic (exact) mass is 261 g/mol. The highest BCUT2D eigenvalue weighted by Crippen LogP contribution is 2.19. The molecule has 0 fully saturated rings. The van der Waals surface area contributed by atoms with Crippen molar-refractivity contribution in [1.29, 1.82) is 0 Å². The van der Waals surface area contributed by atoms with Crippen LogP contribution in [0.15, 0.2) is 18.2 Å². The molecule has 2 N–H and O–H groups in total. The standard InChI is InChI=1S/C12H14F3NO2/c1-7-3-8(2)5-9(4-7)11(18)16-6-10(17)12(13,14)15/h3-5,10,17H,6H2,1-2H3,(H,16,18). The molecule has 1 aromatic carbocycles. The van der Waals surface area contributed by atoms with E-state index in [1.54, 1.807) is 26.0 Å². The van der Waals surface area contributed by atoms with Gasteiger partial charge in [0.25, 0.3) is 5.91 Å². The maximum Gasteiger partial charge on any atom is 0.416 e. The Morgan fingerprint density at radius 1 is 1.28 bits per heavy atom. The summed E-state index contributed by atoms with van der Waals surface area (Å²) in [5.74, 6) is -0.634. The summed E-state index contributed by atoms with van der Waals surface area (Å²) in [6.45, 7) is 2.72. The number of carbonyl (C=O) groups excluding carboxylic acids is 1. The minimum atomic E-state index is -4.73. The Morgan fingerprint density at radius 2 is 1.78 bits per heavy atom. The summed E-state index contributed by atoms with van der Waals surface area (Å²) < 4.78 is 36.1. The van der Waals surface area contributed by atoms with Crippen LogP contribution in [-0.2, 0) is 0 Å². The molecule has 0 bridgehead atoms. The fourth-order valence-electron chi connectivity index (χ4n) is 1.51. The zero-order chi connectivity index (χ0) is 13.9. The van der Waals surface area contributed by atoms with E-state index in [0.717, 1.165) is 11.1 Å². The first-order valence-electron chi connectivity index (χ1n) is 5.31. The zero-order valence-electron chi connectivity index (χ0n) is 10.0. The predicted molar refractivity (Wildman–Crippen MR) is 60.3 cm³/mol. The Bertz CT molecular complexity index is 423. The van der Waals surface area contributed by atoms with Crippen LogP contribution in [0.3, 0.4) is 0 Å². The Kier molecular flexibility index (Phi) is 4.34. The van der Waals surface area contributed by atoms with E-state index in [1.165, 1.54) is 0 Å².